The maximum atomic E-state index is 12.2. The summed E-state index contributed by atoms with van der Waals surface area (Å²) < 4.78 is 6.16. The molecule has 0 amide bonds. The first-order valence-corrected chi connectivity index (χ1v) is 7.65. The fraction of sp³-hybridized carbons (Fsp3) is 0.235. The molecule has 110 valence electrons. The lowest BCUT2D eigenvalue weighted by atomic mass is 10.0. The Hall–Kier alpha value is -1.81. The van der Waals surface area contributed by atoms with Crippen molar-refractivity contribution in [1.82, 2.24) is 0 Å². The summed E-state index contributed by atoms with van der Waals surface area (Å²) in [6.45, 7) is 4.18. The minimum atomic E-state index is -0.524. The lowest BCUT2D eigenvalue weighted by molar-refractivity contribution is -0.144. The molecular weight excluding hydrogens is 330 g/mol. The lowest BCUT2D eigenvalue weighted by Crippen LogP contribution is -2.23. The first kappa shape index (κ1) is 15.6. The maximum absolute atomic E-state index is 12.2. The molecule has 3 nitrogen and oxygen atoms in total. The van der Waals surface area contributed by atoms with Crippen molar-refractivity contribution < 1.29 is 9.53 Å². The number of anilines is 1. The van der Waals surface area contributed by atoms with Gasteiger partial charge in [-0.3, -0.25) is 0 Å². The van der Waals surface area contributed by atoms with Crippen molar-refractivity contribution in [3.8, 4) is 0 Å². The second-order valence-corrected chi connectivity index (χ2v) is 5.56. The molecule has 0 aliphatic heterocycles. The predicted molar refractivity (Wildman–Crippen MR) is 88.3 cm³/mol. The minimum Gasteiger partial charge on any atom is -0.464 e. The summed E-state index contributed by atoms with van der Waals surface area (Å²) >= 11 is 3.51. The molecule has 1 unspecified atom stereocenters. The lowest BCUT2D eigenvalue weighted by Gasteiger charge is -2.19. The number of carbonyl (C=O) groups excluding carboxylic acids is 1. The molecule has 0 bridgehead atoms. The maximum Gasteiger partial charge on any atom is 0.333 e. The molecule has 1 atom stereocenters. The molecule has 0 aromatic heterocycles. The zero-order valence-electron chi connectivity index (χ0n) is 12.1. The van der Waals surface area contributed by atoms with Crippen molar-refractivity contribution >= 4 is 27.6 Å². The topological polar surface area (TPSA) is 38.3 Å². The number of hydrogen-bond donors (Lipinski definition) is 1. The number of esters is 1. The third kappa shape index (κ3) is 4.08. The van der Waals surface area contributed by atoms with Crippen molar-refractivity contribution in [2.75, 3.05) is 11.9 Å². The molecule has 2 aromatic carbocycles. The van der Waals surface area contributed by atoms with Gasteiger partial charge in [-0.05, 0) is 43.2 Å². The van der Waals surface area contributed by atoms with Gasteiger partial charge < -0.3 is 10.1 Å². The van der Waals surface area contributed by atoms with Crippen LogP contribution in [0.2, 0.25) is 0 Å². The van der Waals surface area contributed by atoms with Gasteiger partial charge in [0, 0.05) is 10.2 Å². The van der Waals surface area contributed by atoms with E-state index in [1.165, 1.54) is 0 Å². The summed E-state index contributed by atoms with van der Waals surface area (Å²) in [6, 6.07) is 15.0. The van der Waals surface area contributed by atoms with Crippen LogP contribution in [0.3, 0.4) is 0 Å². The third-order valence-corrected chi connectivity index (χ3v) is 3.99. The van der Waals surface area contributed by atoms with E-state index in [-0.39, 0.29) is 5.97 Å². The summed E-state index contributed by atoms with van der Waals surface area (Å²) in [7, 11) is 0. The van der Waals surface area contributed by atoms with Crippen LogP contribution in [0, 0.1) is 6.92 Å². The summed E-state index contributed by atoms with van der Waals surface area (Å²) in [6.07, 6.45) is 0. The molecule has 0 aliphatic rings. The largest absolute Gasteiger partial charge is 0.464 e. The van der Waals surface area contributed by atoms with Gasteiger partial charge in [-0.15, -0.1) is 0 Å². The Balaban J connectivity index is 2.31. The number of halogens is 1. The molecule has 1 N–H and O–H groups in total. The summed E-state index contributed by atoms with van der Waals surface area (Å²) in [4.78, 5) is 12.2. The van der Waals surface area contributed by atoms with E-state index in [2.05, 4.69) is 21.2 Å². The molecule has 0 saturated carbocycles. The van der Waals surface area contributed by atoms with Gasteiger partial charge in [0.05, 0.1) is 6.61 Å². The van der Waals surface area contributed by atoms with E-state index in [1.54, 1.807) is 0 Å². The fourth-order valence-corrected chi connectivity index (χ4v) is 2.39. The molecule has 4 heteroatoms. The highest BCUT2D eigenvalue weighted by Gasteiger charge is 2.22. The fourth-order valence-electron chi connectivity index (χ4n) is 1.99. The summed E-state index contributed by atoms with van der Waals surface area (Å²) in [5.41, 5.74) is 2.88. The normalized spacial score (nSPS) is 11.8. The van der Waals surface area contributed by atoms with Crippen LogP contribution in [0.4, 0.5) is 5.69 Å². The zero-order valence-corrected chi connectivity index (χ0v) is 13.7. The van der Waals surface area contributed by atoms with Crippen molar-refractivity contribution in [2.45, 2.75) is 19.9 Å². The van der Waals surface area contributed by atoms with Gasteiger partial charge in [-0.2, -0.15) is 0 Å². The van der Waals surface area contributed by atoms with Crippen molar-refractivity contribution in [1.29, 1.82) is 0 Å². The Labute approximate surface area is 133 Å². The van der Waals surface area contributed by atoms with Crippen molar-refractivity contribution in [2.24, 2.45) is 0 Å². The second kappa shape index (κ2) is 7.27. The van der Waals surface area contributed by atoms with E-state index >= 15 is 0 Å². The number of rotatable bonds is 5. The Morgan fingerprint density at radius 1 is 1.24 bits per heavy atom. The van der Waals surface area contributed by atoms with Crippen molar-refractivity contribution in [3.63, 3.8) is 0 Å². The number of para-hydroxylation sites is 1. The van der Waals surface area contributed by atoms with Crippen LogP contribution in [0.15, 0.2) is 53.0 Å². The summed E-state index contributed by atoms with van der Waals surface area (Å²) in [5, 5.41) is 3.23. The monoisotopic (exact) mass is 347 g/mol. The van der Waals surface area contributed by atoms with Crippen molar-refractivity contribution in [3.05, 3.63) is 64.1 Å². The Morgan fingerprint density at radius 3 is 2.57 bits per heavy atom. The van der Waals surface area contributed by atoms with E-state index in [9.17, 15) is 4.79 Å². The smallest absolute Gasteiger partial charge is 0.333 e. The van der Waals surface area contributed by atoms with E-state index in [1.807, 2.05) is 62.4 Å². The Morgan fingerprint density at radius 2 is 1.95 bits per heavy atom. The van der Waals surface area contributed by atoms with Gasteiger partial charge in [0.1, 0.15) is 0 Å². The molecule has 0 saturated heterocycles. The predicted octanol–water partition coefficient (Wildman–Crippen LogP) is 4.47. The van der Waals surface area contributed by atoms with Gasteiger partial charge in [0.2, 0.25) is 0 Å². The van der Waals surface area contributed by atoms with Gasteiger partial charge in [0.25, 0.3) is 0 Å². The first-order chi connectivity index (χ1) is 10.1. The number of hydrogen-bond acceptors (Lipinski definition) is 3. The third-order valence-electron chi connectivity index (χ3n) is 3.14. The van der Waals surface area contributed by atoms with E-state index in [0.717, 1.165) is 21.3 Å². The van der Waals surface area contributed by atoms with E-state index < -0.39 is 6.04 Å². The Bertz CT molecular complexity index is 613. The van der Waals surface area contributed by atoms with Gasteiger partial charge >= 0.3 is 5.97 Å². The highest BCUT2D eigenvalue weighted by Crippen LogP contribution is 2.25. The number of benzene rings is 2. The minimum absolute atomic E-state index is 0.280. The number of aryl methyl sites for hydroxylation is 1. The van der Waals surface area contributed by atoms with Crippen LogP contribution >= 0.6 is 15.9 Å². The molecule has 0 fully saturated rings. The highest BCUT2D eigenvalue weighted by atomic mass is 79.9. The van der Waals surface area contributed by atoms with Gasteiger partial charge in [-0.25, -0.2) is 4.79 Å². The highest BCUT2D eigenvalue weighted by molar-refractivity contribution is 9.10. The molecule has 21 heavy (non-hydrogen) atoms. The number of ether oxygens (including phenoxy) is 1. The second-order valence-electron chi connectivity index (χ2n) is 4.70. The standard InChI is InChI=1S/C17H18BrNO2/c1-3-21-17(20)16(19-14-7-5-4-6-8-14)13-10-9-12(2)15(18)11-13/h4-11,16,19H,3H2,1-2H3. The van der Waals surface area contributed by atoms with Gasteiger partial charge in [-0.1, -0.05) is 46.3 Å². The van der Waals surface area contributed by atoms with Crippen LogP contribution in [0.5, 0.6) is 0 Å². The average molecular weight is 348 g/mol. The molecule has 0 aliphatic carbocycles. The zero-order chi connectivity index (χ0) is 15.2. The van der Waals surface area contributed by atoms with Crippen LogP contribution in [0.25, 0.3) is 0 Å². The molecule has 2 rings (SSSR count). The molecule has 0 radical (unpaired) electrons. The summed E-state index contributed by atoms with van der Waals surface area (Å²) in [5.74, 6) is -0.280. The SMILES string of the molecule is CCOC(=O)C(Nc1ccccc1)c1ccc(C)c(Br)c1. The van der Waals surface area contributed by atoms with E-state index in [4.69, 9.17) is 4.74 Å². The quantitative estimate of drug-likeness (QED) is 0.810. The van der Waals surface area contributed by atoms with Crippen LogP contribution < -0.4 is 5.32 Å². The van der Waals surface area contributed by atoms with Crippen LogP contribution in [0.1, 0.15) is 24.1 Å². The molecule has 2 aromatic rings. The van der Waals surface area contributed by atoms with E-state index in [0.29, 0.717) is 6.61 Å². The number of nitrogens with one attached hydrogen (secondary N) is 1. The van der Waals surface area contributed by atoms with Crippen LogP contribution in [-0.2, 0) is 9.53 Å². The number of carbonyl (C=O) groups is 1. The molecular formula is C17H18BrNO2. The molecule has 0 heterocycles. The van der Waals surface area contributed by atoms with Gasteiger partial charge in [0.15, 0.2) is 6.04 Å². The van der Waals surface area contributed by atoms with Crippen LogP contribution in [-0.4, -0.2) is 12.6 Å². The average Bonchev–Trinajstić information content (AvgIpc) is 2.49. The molecule has 0 spiro atoms. The first-order valence-electron chi connectivity index (χ1n) is 6.86. The Kier molecular flexibility index (Phi) is 5.39.